The van der Waals surface area contributed by atoms with Gasteiger partial charge in [-0.3, -0.25) is 9.78 Å². The van der Waals surface area contributed by atoms with Crippen molar-refractivity contribution in [2.45, 2.75) is 62.9 Å². The van der Waals surface area contributed by atoms with Gasteiger partial charge in [-0.15, -0.1) is 0 Å². The zero-order valence-electron chi connectivity index (χ0n) is 26.4. The molecule has 5 rings (SSSR count). The Kier molecular flexibility index (Phi) is 9.74. The molecule has 1 aliphatic carbocycles. The van der Waals surface area contributed by atoms with Crippen molar-refractivity contribution in [1.82, 2.24) is 19.5 Å². The molecule has 5 N–H and O–H groups in total. The molecule has 1 aliphatic rings. The Morgan fingerprint density at radius 2 is 1.83 bits per heavy atom. The summed E-state index contributed by atoms with van der Waals surface area (Å²) in [6.07, 6.45) is 1.70. The van der Waals surface area contributed by atoms with Gasteiger partial charge in [-0.2, -0.15) is 18.3 Å². The van der Waals surface area contributed by atoms with Gasteiger partial charge < -0.3 is 16.3 Å². The lowest BCUT2D eigenvalue weighted by atomic mass is 9.80. The van der Waals surface area contributed by atoms with Crippen molar-refractivity contribution in [2.75, 3.05) is 5.32 Å². The van der Waals surface area contributed by atoms with Crippen LogP contribution in [0.2, 0.25) is 0 Å². The predicted octanol–water partition coefficient (Wildman–Crippen LogP) is 6.26. The van der Waals surface area contributed by atoms with E-state index in [0.29, 0.717) is 29.5 Å². The minimum Gasteiger partial charge on any atom is -0.409 e. The van der Waals surface area contributed by atoms with Crippen molar-refractivity contribution in [3.63, 3.8) is 0 Å². The molecule has 0 bridgehead atoms. The third-order valence-corrected chi connectivity index (χ3v) is 9.68. The molecule has 4 aromatic rings. The number of hydrogen-bond donors (Lipinski definition) is 4. The van der Waals surface area contributed by atoms with Crippen LogP contribution < -0.4 is 15.8 Å². The van der Waals surface area contributed by atoms with Crippen LogP contribution in [-0.4, -0.2) is 40.7 Å². The zero-order chi connectivity index (χ0) is 34.9. The summed E-state index contributed by atoms with van der Waals surface area (Å²) in [6.45, 7) is 5.46. The highest BCUT2D eigenvalue weighted by atomic mass is 32.2. The molecule has 2 atom stereocenters. The minimum atomic E-state index is -4.91. The molecule has 1 amide bonds. The number of oxime groups is 1. The van der Waals surface area contributed by atoms with Crippen LogP contribution in [0.3, 0.4) is 0 Å². The molecule has 0 radical (unpaired) electrons. The highest BCUT2D eigenvalue weighted by Gasteiger charge is 2.41. The molecule has 2 aromatic heterocycles. The molecule has 2 heterocycles. The van der Waals surface area contributed by atoms with Crippen LogP contribution in [-0.2, 0) is 22.7 Å². The predicted molar refractivity (Wildman–Crippen MR) is 173 cm³/mol. The summed E-state index contributed by atoms with van der Waals surface area (Å²) < 4.78 is 73.9. The molecule has 2 aromatic carbocycles. The van der Waals surface area contributed by atoms with Gasteiger partial charge in [0, 0.05) is 24.0 Å². The molecule has 1 saturated carbocycles. The fourth-order valence-electron chi connectivity index (χ4n) is 5.18. The summed E-state index contributed by atoms with van der Waals surface area (Å²) in [5, 5.41) is 18.0. The van der Waals surface area contributed by atoms with Crippen LogP contribution in [0.1, 0.15) is 79.3 Å². The first-order valence-corrected chi connectivity index (χ1v) is 16.2. The number of benzene rings is 2. The van der Waals surface area contributed by atoms with Crippen LogP contribution in [0, 0.1) is 11.7 Å². The number of hydrogen-bond acceptors (Lipinski definition) is 6. The number of amidine groups is 1. The topological polar surface area (TPSA) is 148 Å². The monoisotopic (exact) mass is 685 g/mol. The van der Waals surface area contributed by atoms with Gasteiger partial charge in [0.15, 0.2) is 11.5 Å². The first-order valence-electron chi connectivity index (χ1n) is 15.1. The Morgan fingerprint density at radius 3 is 2.46 bits per heavy atom. The molecule has 254 valence electrons. The lowest BCUT2D eigenvalue weighted by Crippen LogP contribution is -2.49. The van der Waals surface area contributed by atoms with E-state index >= 15 is 4.39 Å². The SMILES string of the molecule is CC(C)(C)S(=O)NC(CCC1CC1)(c1cccnc1)c1ccc(F)c(NC(=O)c2cc(C(F)(F)F)nn2-c2cccc(/C(N)=N/O)c2)c1. The Labute approximate surface area is 277 Å². The molecule has 10 nitrogen and oxygen atoms in total. The molecule has 1 fully saturated rings. The van der Waals surface area contributed by atoms with E-state index in [1.54, 1.807) is 18.5 Å². The van der Waals surface area contributed by atoms with E-state index in [9.17, 15) is 22.2 Å². The first-order chi connectivity index (χ1) is 22.6. The summed E-state index contributed by atoms with van der Waals surface area (Å²) in [6, 6.07) is 13.7. The van der Waals surface area contributed by atoms with E-state index in [2.05, 4.69) is 25.3 Å². The van der Waals surface area contributed by atoms with Gasteiger partial charge in [0.05, 0.1) is 32.6 Å². The van der Waals surface area contributed by atoms with Gasteiger partial charge in [-0.1, -0.05) is 42.3 Å². The molecule has 2 unspecified atom stereocenters. The summed E-state index contributed by atoms with van der Waals surface area (Å²) in [4.78, 5) is 18.0. The summed E-state index contributed by atoms with van der Waals surface area (Å²) >= 11 is 0. The second-order valence-corrected chi connectivity index (χ2v) is 14.6. The lowest BCUT2D eigenvalue weighted by Gasteiger charge is -2.38. The molecule has 15 heteroatoms. The fraction of sp³-hybridized carbons (Fsp3) is 0.333. The number of carbonyl (C=O) groups is 1. The van der Waals surface area contributed by atoms with Crippen molar-refractivity contribution in [2.24, 2.45) is 16.8 Å². The molecular weight excluding hydrogens is 650 g/mol. The van der Waals surface area contributed by atoms with Gasteiger partial charge in [0.2, 0.25) is 0 Å². The maximum Gasteiger partial charge on any atom is 0.435 e. The normalized spacial score (nSPS) is 15.9. The highest BCUT2D eigenvalue weighted by Crippen LogP contribution is 2.42. The summed E-state index contributed by atoms with van der Waals surface area (Å²) in [5.41, 5.74) is 3.61. The van der Waals surface area contributed by atoms with Crippen molar-refractivity contribution in [1.29, 1.82) is 0 Å². The second-order valence-electron chi connectivity index (χ2n) is 12.6. The Morgan fingerprint density at radius 1 is 1.08 bits per heavy atom. The van der Waals surface area contributed by atoms with Crippen molar-refractivity contribution in [3.05, 3.63) is 107 Å². The largest absolute Gasteiger partial charge is 0.435 e. The van der Waals surface area contributed by atoms with E-state index in [4.69, 9.17) is 10.9 Å². The number of carbonyl (C=O) groups excluding carboxylic acids is 1. The van der Waals surface area contributed by atoms with E-state index in [1.807, 2.05) is 26.8 Å². The fourth-order valence-corrected chi connectivity index (χ4v) is 6.14. The summed E-state index contributed by atoms with van der Waals surface area (Å²) in [7, 11) is -1.60. The van der Waals surface area contributed by atoms with Crippen molar-refractivity contribution >= 4 is 28.4 Å². The van der Waals surface area contributed by atoms with Gasteiger partial charge in [-0.25, -0.2) is 18.0 Å². The third kappa shape index (κ3) is 7.57. The highest BCUT2D eigenvalue weighted by molar-refractivity contribution is 7.84. The Balaban J connectivity index is 1.59. The van der Waals surface area contributed by atoms with E-state index in [-0.39, 0.29) is 22.8 Å². The number of aromatic nitrogens is 3. The Bertz CT molecular complexity index is 1850. The van der Waals surface area contributed by atoms with Crippen LogP contribution in [0.25, 0.3) is 5.69 Å². The number of nitrogens with zero attached hydrogens (tertiary/aromatic N) is 4. The standard InChI is InChI=1S/C33H35F4N7O3S/c1-31(2,3)48(47)43-32(14-13-20-9-10-20,23-7-5-15-39-19-23)22-11-12-25(34)26(17-22)40-30(45)27-18-28(33(35,36)37)41-44(27)24-8-4-6-21(16-24)29(38)42-46/h4-8,11-12,15-20,43,46H,9-10,13-14H2,1-3H3,(H2,38,42)(H,40,45). The van der Waals surface area contributed by atoms with Crippen molar-refractivity contribution in [3.8, 4) is 5.69 Å². The van der Waals surface area contributed by atoms with E-state index in [0.717, 1.165) is 30.0 Å². The number of rotatable bonds is 11. The molecule has 0 spiro atoms. The number of nitrogens with two attached hydrogens (primary N) is 1. The molecular formula is C33H35F4N7O3S. The zero-order valence-corrected chi connectivity index (χ0v) is 27.2. The maximum absolute atomic E-state index is 15.5. The summed E-state index contributed by atoms with van der Waals surface area (Å²) in [5.74, 6) is -1.77. The van der Waals surface area contributed by atoms with Gasteiger partial charge in [0.25, 0.3) is 5.91 Å². The van der Waals surface area contributed by atoms with Crippen LogP contribution in [0.15, 0.2) is 78.2 Å². The van der Waals surface area contributed by atoms with E-state index in [1.165, 1.54) is 36.4 Å². The smallest absolute Gasteiger partial charge is 0.409 e. The molecule has 0 aliphatic heterocycles. The number of amides is 1. The van der Waals surface area contributed by atoms with Crippen LogP contribution >= 0.6 is 0 Å². The maximum atomic E-state index is 15.5. The number of halogens is 4. The first kappa shape index (κ1) is 34.7. The number of anilines is 1. The second kappa shape index (κ2) is 13.5. The number of pyridine rings is 1. The minimum absolute atomic E-state index is 0.00139. The van der Waals surface area contributed by atoms with Gasteiger partial charge >= 0.3 is 6.18 Å². The Hall–Kier alpha value is -4.63. The van der Waals surface area contributed by atoms with Crippen LogP contribution in [0.5, 0.6) is 0 Å². The van der Waals surface area contributed by atoms with E-state index < -0.39 is 50.6 Å². The average Bonchev–Trinajstić information content (AvgIpc) is 3.77. The number of alkyl halides is 3. The van der Waals surface area contributed by atoms with Gasteiger partial charge in [-0.05, 0) is 81.0 Å². The van der Waals surface area contributed by atoms with Crippen molar-refractivity contribution < 1.29 is 31.8 Å². The molecule has 0 saturated heterocycles. The molecule has 48 heavy (non-hydrogen) atoms. The van der Waals surface area contributed by atoms with Gasteiger partial charge in [0.1, 0.15) is 11.5 Å². The lowest BCUT2D eigenvalue weighted by molar-refractivity contribution is -0.141. The van der Waals surface area contributed by atoms with Crippen LogP contribution in [0.4, 0.5) is 23.2 Å². The number of nitrogens with one attached hydrogen (secondary N) is 2. The third-order valence-electron chi connectivity index (χ3n) is 8.04. The quantitative estimate of drug-likeness (QED) is 0.0482. The average molecular weight is 686 g/mol.